The van der Waals surface area contributed by atoms with E-state index in [1.165, 1.54) is 18.7 Å². The van der Waals surface area contributed by atoms with Crippen molar-refractivity contribution >= 4 is 22.7 Å². The van der Waals surface area contributed by atoms with Gasteiger partial charge < -0.3 is 10.4 Å². The van der Waals surface area contributed by atoms with Crippen molar-refractivity contribution in [1.82, 2.24) is 5.32 Å². The summed E-state index contributed by atoms with van der Waals surface area (Å²) in [6.07, 6.45) is 0. The van der Waals surface area contributed by atoms with Crippen molar-refractivity contribution in [2.24, 2.45) is 4.99 Å². The Labute approximate surface area is 133 Å². The van der Waals surface area contributed by atoms with E-state index in [0.29, 0.717) is 10.6 Å². The fourth-order valence-electron chi connectivity index (χ4n) is 2.36. The van der Waals surface area contributed by atoms with Crippen LogP contribution in [0.2, 0.25) is 0 Å². The fraction of sp³-hybridized carbons (Fsp3) is 0.176. The molecule has 1 heterocycles. The SMILES string of the molecule is CC(=O)N[C@H]1SC(c2ccccc2)=N[C@@]1(O)c1ccccc1. The monoisotopic (exact) mass is 312 g/mol. The van der Waals surface area contributed by atoms with Crippen LogP contribution < -0.4 is 5.32 Å². The minimum absolute atomic E-state index is 0.198. The van der Waals surface area contributed by atoms with Gasteiger partial charge in [-0.25, -0.2) is 4.99 Å². The van der Waals surface area contributed by atoms with E-state index in [1.807, 2.05) is 60.7 Å². The van der Waals surface area contributed by atoms with E-state index >= 15 is 0 Å². The first-order valence-electron chi connectivity index (χ1n) is 6.96. The second-order valence-corrected chi connectivity index (χ2v) is 6.17. The summed E-state index contributed by atoms with van der Waals surface area (Å²) in [6.45, 7) is 1.44. The molecule has 2 aromatic carbocycles. The third-order valence-electron chi connectivity index (χ3n) is 3.42. The third-order valence-corrected chi connectivity index (χ3v) is 4.65. The molecule has 0 saturated heterocycles. The molecule has 22 heavy (non-hydrogen) atoms. The van der Waals surface area contributed by atoms with Gasteiger partial charge in [0, 0.05) is 18.1 Å². The van der Waals surface area contributed by atoms with E-state index in [9.17, 15) is 9.90 Å². The average molecular weight is 312 g/mol. The first-order valence-corrected chi connectivity index (χ1v) is 7.84. The van der Waals surface area contributed by atoms with Gasteiger partial charge in [0.15, 0.2) is 0 Å². The molecular formula is C17H16N2O2S. The van der Waals surface area contributed by atoms with Crippen molar-refractivity contribution in [1.29, 1.82) is 0 Å². The molecule has 4 nitrogen and oxygen atoms in total. The van der Waals surface area contributed by atoms with Gasteiger partial charge in [-0.15, -0.1) is 0 Å². The predicted octanol–water partition coefficient (Wildman–Crippen LogP) is 2.49. The summed E-state index contributed by atoms with van der Waals surface area (Å²) < 4.78 is 0. The molecule has 0 fully saturated rings. The van der Waals surface area contributed by atoms with Crippen LogP contribution in [0, 0.1) is 0 Å². The second kappa shape index (κ2) is 5.94. The molecule has 0 aliphatic carbocycles. The van der Waals surface area contributed by atoms with Crippen molar-refractivity contribution in [3.63, 3.8) is 0 Å². The molecule has 0 spiro atoms. The molecule has 0 aromatic heterocycles. The molecule has 0 saturated carbocycles. The number of benzene rings is 2. The van der Waals surface area contributed by atoms with Gasteiger partial charge in [-0.2, -0.15) is 0 Å². The molecule has 0 unspecified atom stereocenters. The number of thioether (sulfide) groups is 1. The highest BCUT2D eigenvalue weighted by Crippen LogP contribution is 2.41. The van der Waals surface area contributed by atoms with Gasteiger partial charge >= 0.3 is 0 Å². The number of rotatable bonds is 3. The molecule has 2 aromatic rings. The van der Waals surface area contributed by atoms with E-state index in [1.54, 1.807) is 0 Å². The smallest absolute Gasteiger partial charge is 0.217 e. The Hall–Kier alpha value is -2.11. The van der Waals surface area contributed by atoms with Crippen LogP contribution in [0.3, 0.4) is 0 Å². The lowest BCUT2D eigenvalue weighted by atomic mass is 10.0. The number of amides is 1. The standard InChI is InChI=1S/C17H16N2O2S/c1-12(20)18-16-17(21,14-10-6-3-7-11-14)19-15(22-16)13-8-4-2-5-9-13/h2-11,16,21H,1H3,(H,18,20)/t16-,17+/m0/s1. The van der Waals surface area contributed by atoms with Gasteiger partial charge in [0.1, 0.15) is 10.4 Å². The second-order valence-electron chi connectivity index (χ2n) is 5.07. The zero-order valence-corrected chi connectivity index (χ0v) is 12.9. The quantitative estimate of drug-likeness (QED) is 0.915. The molecule has 0 radical (unpaired) electrons. The summed E-state index contributed by atoms with van der Waals surface area (Å²) in [4.78, 5) is 16.0. The van der Waals surface area contributed by atoms with Crippen molar-refractivity contribution in [3.05, 3.63) is 71.8 Å². The van der Waals surface area contributed by atoms with Crippen LogP contribution in [0.25, 0.3) is 0 Å². The van der Waals surface area contributed by atoms with Crippen LogP contribution >= 0.6 is 11.8 Å². The van der Waals surface area contributed by atoms with E-state index in [-0.39, 0.29) is 5.91 Å². The van der Waals surface area contributed by atoms with Crippen LogP contribution in [0.5, 0.6) is 0 Å². The molecule has 2 atom stereocenters. The normalized spacial score (nSPS) is 23.9. The Morgan fingerprint density at radius 1 is 1.14 bits per heavy atom. The molecule has 5 heteroatoms. The topological polar surface area (TPSA) is 61.7 Å². The molecular weight excluding hydrogens is 296 g/mol. The first kappa shape index (κ1) is 14.8. The number of hydrogen-bond donors (Lipinski definition) is 2. The molecule has 3 rings (SSSR count). The summed E-state index contributed by atoms with van der Waals surface area (Å²) in [7, 11) is 0. The summed E-state index contributed by atoms with van der Waals surface area (Å²) in [5.74, 6) is -0.198. The van der Waals surface area contributed by atoms with Crippen molar-refractivity contribution < 1.29 is 9.90 Å². The van der Waals surface area contributed by atoms with Gasteiger partial charge in [0.25, 0.3) is 0 Å². The molecule has 1 aliphatic heterocycles. The molecule has 0 bridgehead atoms. The van der Waals surface area contributed by atoms with Gasteiger partial charge in [-0.05, 0) is 0 Å². The highest BCUT2D eigenvalue weighted by atomic mass is 32.2. The number of carbonyl (C=O) groups is 1. The Balaban J connectivity index is 2.03. The molecule has 1 amide bonds. The van der Waals surface area contributed by atoms with Crippen LogP contribution in [-0.4, -0.2) is 21.4 Å². The number of aliphatic hydroxyl groups is 1. The maximum Gasteiger partial charge on any atom is 0.217 e. The van der Waals surface area contributed by atoms with Crippen LogP contribution in [-0.2, 0) is 10.5 Å². The number of aliphatic imine (C=N–C) groups is 1. The molecule has 2 N–H and O–H groups in total. The zero-order valence-electron chi connectivity index (χ0n) is 12.1. The minimum Gasteiger partial charge on any atom is -0.363 e. The largest absolute Gasteiger partial charge is 0.363 e. The Kier molecular flexibility index (Phi) is 4.00. The highest BCUT2D eigenvalue weighted by molar-refractivity contribution is 8.15. The van der Waals surface area contributed by atoms with Gasteiger partial charge in [0.05, 0.1) is 0 Å². The van der Waals surface area contributed by atoms with Crippen molar-refractivity contribution in [2.75, 3.05) is 0 Å². The maximum absolute atomic E-state index is 11.5. The summed E-state index contributed by atoms with van der Waals surface area (Å²) in [6, 6.07) is 18.8. The van der Waals surface area contributed by atoms with Crippen molar-refractivity contribution in [3.8, 4) is 0 Å². The zero-order chi connectivity index (χ0) is 15.6. The van der Waals surface area contributed by atoms with Gasteiger partial charge in [-0.3, -0.25) is 4.79 Å². The Morgan fingerprint density at radius 3 is 2.32 bits per heavy atom. The van der Waals surface area contributed by atoms with E-state index in [2.05, 4.69) is 10.3 Å². The molecule has 112 valence electrons. The first-order chi connectivity index (χ1) is 10.6. The molecule has 1 aliphatic rings. The summed E-state index contributed by atoms with van der Waals surface area (Å²) in [5, 5.41) is 14.0. The van der Waals surface area contributed by atoms with Crippen LogP contribution in [0.1, 0.15) is 18.1 Å². The van der Waals surface area contributed by atoms with E-state index in [0.717, 1.165) is 5.56 Å². The fourth-order valence-corrected chi connectivity index (χ4v) is 3.63. The maximum atomic E-state index is 11.5. The summed E-state index contributed by atoms with van der Waals surface area (Å²) in [5.41, 5.74) is 0.116. The Morgan fingerprint density at radius 2 is 1.73 bits per heavy atom. The number of nitrogens with zero attached hydrogens (tertiary/aromatic N) is 1. The number of carbonyl (C=O) groups excluding carboxylic acids is 1. The van der Waals surface area contributed by atoms with Gasteiger partial charge in [0.2, 0.25) is 11.6 Å². The summed E-state index contributed by atoms with van der Waals surface area (Å²) >= 11 is 1.36. The average Bonchev–Trinajstić information content (AvgIpc) is 2.87. The van der Waals surface area contributed by atoms with Crippen LogP contribution in [0.15, 0.2) is 65.7 Å². The highest BCUT2D eigenvalue weighted by Gasteiger charge is 2.45. The number of nitrogens with one attached hydrogen (secondary N) is 1. The van der Waals surface area contributed by atoms with Gasteiger partial charge in [-0.1, -0.05) is 72.4 Å². The van der Waals surface area contributed by atoms with Crippen LogP contribution in [0.4, 0.5) is 0 Å². The lowest BCUT2D eigenvalue weighted by molar-refractivity contribution is -0.120. The lowest BCUT2D eigenvalue weighted by Gasteiger charge is -2.27. The number of hydrogen-bond acceptors (Lipinski definition) is 4. The third kappa shape index (κ3) is 2.77. The predicted molar refractivity (Wildman–Crippen MR) is 88.5 cm³/mol. The van der Waals surface area contributed by atoms with E-state index < -0.39 is 11.1 Å². The lowest BCUT2D eigenvalue weighted by Crippen LogP contribution is -2.44. The minimum atomic E-state index is -1.47. The Bertz CT molecular complexity index is 703. The van der Waals surface area contributed by atoms with E-state index in [4.69, 9.17) is 0 Å². The van der Waals surface area contributed by atoms with Crippen molar-refractivity contribution in [2.45, 2.75) is 18.0 Å².